The number of nitrogens with zero attached hydrogens (tertiary/aromatic N) is 1. The fourth-order valence-corrected chi connectivity index (χ4v) is 5.13. The molecule has 0 saturated carbocycles. The maximum atomic E-state index is 13.1. The van der Waals surface area contributed by atoms with Crippen LogP contribution in [0, 0.1) is 0 Å². The molecule has 206 valence electrons. The Morgan fingerprint density at radius 3 is 2.50 bits per heavy atom. The van der Waals surface area contributed by atoms with Crippen LogP contribution in [0.4, 0.5) is 10.5 Å². The molecule has 1 saturated heterocycles. The van der Waals surface area contributed by atoms with E-state index in [1.54, 1.807) is 42.5 Å². The van der Waals surface area contributed by atoms with Crippen molar-refractivity contribution in [2.75, 3.05) is 18.5 Å². The molecule has 3 aromatic carbocycles. The molecular weight excluding hydrogens is 616 g/mol. The van der Waals surface area contributed by atoms with Crippen LogP contribution in [0.2, 0.25) is 5.02 Å². The summed E-state index contributed by atoms with van der Waals surface area (Å²) in [5.41, 5.74) is 2.99. The van der Waals surface area contributed by atoms with Crippen molar-refractivity contribution in [2.24, 2.45) is 0 Å². The Hall–Kier alpha value is -3.53. The lowest BCUT2D eigenvalue weighted by Gasteiger charge is -2.17. The van der Waals surface area contributed by atoms with Crippen LogP contribution in [0.15, 0.2) is 82.7 Å². The molecular formula is C30H26BrClN2O5S. The summed E-state index contributed by atoms with van der Waals surface area (Å²) in [4.78, 5) is 39.3. The van der Waals surface area contributed by atoms with E-state index < -0.39 is 23.6 Å². The summed E-state index contributed by atoms with van der Waals surface area (Å²) in [6.07, 6.45) is 3.88. The number of nitrogens with one attached hydrogen (secondary N) is 1. The molecule has 3 aromatic rings. The lowest BCUT2D eigenvalue weighted by molar-refractivity contribution is -0.127. The van der Waals surface area contributed by atoms with Crippen LogP contribution in [-0.4, -0.2) is 35.1 Å². The van der Waals surface area contributed by atoms with Gasteiger partial charge in [0.05, 0.1) is 11.5 Å². The van der Waals surface area contributed by atoms with Crippen molar-refractivity contribution in [3.8, 4) is 11.5 Å². The fourth-order valence-electron chi connectivity index (χ4n) is 3.90. The predicted molar refractivity (Wildman–Crippen MR) is 163 cm³/mol. The molecule has 0 spiro atoms. The summed E-state index contributed by atoms with van der Waals surface area (Å²) in [5.74, 6) is 0.0747. The lowest BCUT2D eigenvalue weighted by Crippen LogP contribution is -2.36. The third-order valence-electron chi connectivity index (χ3n) is 5.72. The van der Waals surface area contributed by atoms with Gasteiger partial charge in [-0.05, 0) is 90.8 Å². The van der Waals surface area contributed by atoms with Crippen molar-refractivity contribution in [3.63, 3.8) is 0 Å². The molecule has 0 radical (unpaired) electrons. The summed E-state index contributed by atoms with van der Waals surface area (Å²) in [6.45, 7) is 6.08. The van der Waals surface area contributed by atoms with E-state index in [0.29, 0.717) is 47.4 Å². The highest BCUT2D eigenvalue weighted by atomic mass is 79.9. The molecule has 0 bridgehead atoms. The summed E-state index contributed by atoms with van der Waals surface area (Å²) in [7, 11) is 0. The van der Waals surface area contributed by atoms with Crippen LogP contribution in [0.1, 0.15) is 23.6 Å². The average Bonchev–Trinajstić information content (AvgIpc) is 3.18. The Morgan fingerprint density at radius 1 is 1.10 bits per heavy atom. The zero-order valence-corrected chi connectivity index (χ0v) is 24.8. The molecule has 3 amide bonds. The second-order valence-corrected chi connectivity index (χ2v) is 11.0. The Balaban J connectivity index is 1.54. The van der Waals surface area contributed by atoms with Crippen LogP contribution >= 0.6 is 39.3 Å². The minimum atomic E-state index is -0.542. The van der Waals surface area contributed by atoms with E-state index in [2.05, 4.69) is 27.8 Å². The number of allylic oxidation sites excluding steroid dienone is 1. The van der Waals surface area contributed by atoms with Crippen molar-refractivity contribution >= 4 is 68.1 Å². The van der Waals surface area contributed by atoms with Crippen LogP contribution in [0.25, 0.3) is 6.08 Å². The van der Waals surface area contributed by atoms with Crippen LogP contribution in [-0.2, 0) is 22.6 Å². The number of benzene rings is 3. The Bertz CT molecular complexity index is 1460. The first kappa shape index (κ1) is 29.5. The van der Waals surface area contributed by atoms with Crippen molar-refractivity contribution < 1.29 is 23.9 Å². The van der Waals surface area contributed by atoms with E-state index in [4.69, 9.17) is 21.1 Å². The first-order valence-corrected chi connectivity index (χ1v) is 14.3. The molecule has 40 heavy (non-hydrogen) atoms. The third-order valence-corrected chi connectivity index (χ3v) is 7.40. The number of amides is 3. The van der Waals surface area contributed by atoms with Gasteiger partial charge in [0.2, 0.25) is 5.91 Å². The van der Waals surface area contributed by atoms with Gasteiger partial charge in [0.25, 0.3) is 11.1 Å². The summed E-state index contributed by atoms with van der Waals surface area (Å²) < 4.78 is 13.1. The second kappa shape index (κ2) is 13.7. The number of carbonyl (C=O) groups is 3. The summed E-state index contributed by atoms with van der Waals surface area (Å²) >= 11 is 10.1. The standard InChI is InChI=1S/C30H26BrClN2O5S/c1-3-5-21-14-20(15-25(38-4-2)28(21)39-18-19-6-8-22(31)9-7-19)16-26-29(36)34(30(37)40-26)17-27(35)33-24-12-10-23(32)11-13-24/h3,6-16H,1,4-5,17-18H2,2H3,(H,33,35)/b26-16-. The number of carbonyl (C=O) groups excluding carboxylic acids is 3. The molecule has 7 nitrogen and oxygen atoms in total. The molecule has 0 atom stereocenters. The highest BCUT2D eigenvalue weighted by molar-refractivity contribution is 9.10. The summed E-state index contributed by atoms with van der Waals surface area (Å²) in [6, 6.07) is 18.0. The molecule has 1 fully saturated rings. The second-order valence-electron chi connectivity index (χ2n) is 8.67. The van der Waals surface area contributed by atoms with Crippen LogP contribution < -0.4 is 14.8 Å². The number of imide groups is 1. The molecule has 1 heterocycles. The van der Waals surface area contributed by atoms with Gasteiger partial charge >= 0.3 is 0 Å². The number of rotatable bonds is 11. The number of hydrogen-bond acceptors (Lipinski definition) is 6. The molecule has 1 aliphatic heterocycles. The van der Waals surface area contributed by atoms with E-state index in [9.17, 15) is 14.4 Å². The largest absolute Gasteiger partial charge is 0.490 e. The first-order valence-electron chi connectivity index (χ1n) is 12.4. The minimum Gasteiger partial charge on any atom is -0.490 e. The van der Waals surface area contributed by atoms with Gasteiger partial charge in [-0.3, -0.25) is 19.3 Å². The Kier molecular flexibility index (Phi) is 10.1. The highest BCUT2D eigenvalue weighted by Crippen LogP contribution is 2.38. The van der Waals surface area contributed by atoms with Gasteiger partial charge in [-0.1, -0.05) is 45.7 Å². The van der Waals surface area contributed by atoms with Crippen LogP contribution in [0.5, 0.6) is 11.5 Å². The van der Waals surface area contributed by atoms with Gasteiger partial charge in [0.15, 0.2) is 11.5 Å². The molecule has 0 aliphatic carbocycles. The zero-order valence-electron chi connectivity index (χ0n) is 21.6. The molecule has 10 heteroatoms. The lowest BCUT2D eigenvalue weighted by atomic mass is 10.0. The number of halogens is 2. The van der Waals surface area contributed by atoms with Crippen molar-refractivity contribution in [1.82, 2.24) is 4.90 Å². The minimum absolute atomic E-state index is 0.208. The Labute approximate surface area is 250 Å². The normalized spacial score (nSPS) is 14.0. The van der Waals surface area contributed by atoms with Gasteiger partial charge in [-0.2, -0.15) is 0 Å². The Morgan fingerprint density at radius 2 is 1.82 bits per heavy atom. The van der Waals surface area contributed by atoms with E-state index >= 15 is 0 Å². The fraction of sp³-hybridized carbons (Fsp3) is 0.167. The highest BCUT2D eigenvalue weighted by Gasteiger charge is 2.36. The number of anilines is 1. The van der Waals surface area contributed by atoms with Gasteiger partial charge in [-0.25, -0.2) is 0 Å². The van der Waals surface area contributed by atoms with E-state index in [0.717, 1.165) is 32.3 Å². The molecule has 1 aliphatic rings. The smallest absolute Gasteiger partial charge is 0.294 e. The molecule has 0 aromatic heterocycles. The van der Waals surface area contributed by atoms with E-state index in [-0.39, 0.29) is 4.91 Å². The average molecular weight is 642 g/mol. The quantitative estimate of drug-likeness (QED) is 0.173. The van der Waals surface area contributed by atoms with Crippen molar-refractivity contribution in [3.05, 3.63) is 104 Å². The van der Waals surface area contributed by atoms with E-state index in [1.165, 1.54) is 0 Å². The van der Waals surface area contributed by atoms with Gasteiger partial charge in [0, 0.05) is 20.7 Å². The van der Waals surface area contributed by atoms with E-state index in [1.807, 2.05) is 37.3 Å². The van der Waals surface area contributed by atoms with Gasteiger partial charge < -0.3 is 14.8 Å². The maximum absolute atomic E-state index is 13.1. The molecule has 1 N–H and O–H groups in total. The SMILES string of the molecule is C=CCc1cc(/C=C2\SC(=O)N(CC(=O)Nc3ccc(Cl)cc3)C2=O)cc(OCC)c1OCc1ccc(Br)cc1. The third kappa shape index (κ3) is 7.56. The predicted octanol–water partition coefficient (Wildman–Crippen LogP) is 7.48. The van der Waals surface area contributed by atoms with Gasteiger partial charge in [0.1, 0.15) is 13.2 Å². The first-order chi connectivity index (χ1) is 19.3. The maximum Gasteiger partial charge on any atom is 0.294 e. The number of hydrogen-bond donors (Lipinski definition) is 1. The molecule has 4 rings (SSSR count). The zero-order chi connectivity index (χ0) is 28.6. The van der Waals surface area contributed by atoms with Gasteiger partial charge in [-0.15, -0.1) is 6.58 Å². The molecule has 0 unspecified atom stereocenters. The van der Waals surface area contributed by atoms with Crippen molar-refractivity contribution in [2.45, 2.75) is 20.0 Å². The van der Waals surface area contributed by atoms with Crippen LogP contribution in [0.3, 0.4) is 0 Å². The monoisotopic (exact) mass is 640 g/mol. The number of ether oxygens (including phenoxy) is 2. The van der Waals surface area contributed by atoms with Crippen molar-refractivity contribution in [1.29, 1.82) is 0 Å². The topological polar surface area (TPSA) is 84.9 Å². The summed E-state index contributed by atoms with van der Waals surface area (Å²) in [5, 5.41) is 2.67. The number of thioether (sulfide) groups is 1.